The van der Waals surface area contributed by atoms with Crippen molar-refractivity contribution in [3.63, 3.8) is 0 Å². The van der Waals surface area contributed by atoms with Crippen LogP contribution in [0.15, 0.2) is 61.3 Å². The lowest BCUT2D eigenvalue weighted by Crippen LogP contribution is -2.27. The van der Waals surface area contributed by atoms with Crippen molar-refractivity contribution in [2.45, 2.75) is 32.7 Å². The van der Waals surface area contributed by atoms with Gasteiger partial charge in [-0.15, -0.1) is 0 Å². The van der Waals surface area contributed by atoms with Crippen LogP contribution in [0.5, 0.6) is 0 Å². The summed E-state index contributed by atoms with van der Waals surface area (Å²) in [4.78, 5) is 32.5. The Morgan fingerprint density at radius 2 is 1.84 bits per heavy atom. The number of nitrogens with zero attached hydrogens (tertiary/aromatic N) is 7. The van der Waals surface area contributed by atoms with Crippen LogP contribution in [-0.4, -0.2) is 35.6 Å². The van der Waals surface area contributed by atoms with Crippen LogP contribution in [-0.2, 0) is 17.8 Å². The molecule has 8 heteroatoms. The van der Waals surface area contributed by atoms with Crippen LogP contribution in [0.3, 0.4) is 0 Å². The summed E-state index contributed by atoms with van der Waals surface area (Å²) < 4.78 is 1.69. The zero-order chi connectivity index (χ0) is 21.4. The molecular formula is C23H21N7O. The van der Waals surface area contributed by atoms with Gasteiger partial charge in [0.25, 0.3) is 0 Å². The van der Waals surface area contributed by atoms with Crippen LogP contribution in [0.1, 0.15) is 36.7 Å². The van der Waals surface area contributed by atoms with Crippen molar-refractivity contribution in [2.75, 3.05) is 4.90 Å². The number of carbonyl (C=O) groups excluding carboxylic acids is 1. The highest BCUT2D eigenvalue weighted by molar-refractivity contribution is 6.00. The van der Waals surface area contributed by atoms with Crippen molar-refractivity contribution in [1.29, 1.82) is 0 Å². The van der Waals surface area contributed by atoms with Crippen LogP contribution in [0.4, 0.5) is 5.82 Å². The quantitative estimate of drug-likeness (QED) is 0.500. The molecule has 154 valence electrons. The molecule has 8 nitrogen and oxygen atoms in total. The fourth-order valence-corrected chi connectivity index (χ4v) is 3.74. The van der Waals surface area contributed by atoms with Gasteiger partial charge in [-0.25, -0.2) is 24.6 Å². The van der Waals surface area contributed by atoms with Gasteiger partial charge >= 0.3 is 0 Å². The molecule has 4 aromatic rings. The van der Waals surface area contributed by atoms with Crippen LogP contribution in [0.2, 0.25) is 0 Å². The lowest BCUT2D eigenvalue weighted by molar-refractivity contribution is -0.117. The molecule has 0 saturated carbocycles. The number of benzene rings is 1. The monoisotopic (exact) mass is 411 g/mol. The van der Waals surface area contributed by atoms with Crippen molar-refractivity contribution >= 4 is 11.7 Å². The van der Waals surface area contributed by atoms with Gasteiger partial charge in [0.05, 0.1) is 25.4 Å². The molecule has 0 N–H and O–H groups in total. The Morgan fingerprint density at radius 1 is 1.03 bits per heavy atom. The third-order valence-electron chi connectivity index (χ3n) is 5.32. The summed E-state index contributed by atoms with van der Waals surface area (Å²) in [7, 11) is 0. The molecule has 1 amide bonds. The number of fused-ring (bicyclic) bond motifs is 1. The largest absolute Gasteiger partial charge is 0.288 e. The third-order valence-corrected chi connectivity index (χ3v) is 5.32. The molecule has 1 aromatic carbocycles. The van der Waals surface area contributed by atoms with Gasteiger partial charge in [-0.1, -0.05) is 38.1 Å². The van der Waals surface area contributed by atoms with Gasteiger partial charge in [0.2, 0.25) is 5.91 Å². The SMILES string of the molecule is CC(C)c1ccccc1-c1ncc2c(n1)N(Cc1ncc(-n3cccn3)cn1)C(=O)C2. The molecule has 0 atom stereocenters. The van der Waals surface area contributed by atoms with Crippen LogP contribution >= 0.6 is 0 Å². The predicted molar refractivity (Wildman–Crippen MR) is 116 cm³/mol. The Hall–Kier alpha value is -3.94. The minimum Gasteiger partial charge on any atom is -0.288 e. The first-order valence-corrected chi connectivity index (χ1v) is 10.2. The molecule has 31 heavy (non-hydrogen) atoms. The summed E-state index contributed by atoms with van der Waals surface area (Å²) in [5.41, 5.74) is 3.75. The van der Waals surface area contributed by atoms with Gasteiger partial charge < -0.3 is 0 Å². The molecule has 5 rings (SSSR count). The van der Waals surface area contributed by atoms with Gasteiger partial charge in [-0.05, 0) is 17.5 Å². The second kappa shape index (κ2) is 7.71. The summed E-state index contributed by atoms with van der Waals surface area (Å²) >= 11 is 0. The molecule has 0 fully saturated rings. The van der Waals surface area contributed by atoms with E-state index >= 15 is 0 Å². The van der Waals surface area contributed by atoms with E-state index in [0.29, 0.717) is 23.4 Å². The van der Waals surface area contributed by atoms with Crippen molar-refractivity contribution in [2.24, 2.45) is 0 Å². The van der Waals surface area contributed by atoms with Gasteiger partial charge in [0.1, 0.15) is 17.3 Å². The van der Waals surface area contributed by atoms with Gasteiger partial charge in [-0.2, -0.15) is 5.10 Å². The molecule has 0 spiro atoms. The fourth-order valence-electron chi connectivity index (χ4n) is 3.74. The zero-order valence-electron chi connectivity index (χ0n) is 17.3. The second-order valence-electron chi connectivity index (χ2n) is 7.75. The topological polar surface area (TPSA) is 89.7 Å². The normalized spacial score (nSPS) is 13.1. The summed E-state index contributed by atoms with van der Waals surface area (Å²) in [6.07, 6.45) is 8.96. The van der Waals surface area contributed by atoms with E-state index in [2.05, 4.69) is 40.0 Å². The van der Waals surface area contributed by atoms with Crippen molar-refractivity contribution in [3.8, 4) is 17.1 Å². The average molecular weight is 411 g/mol. The molecule has 0 radical (unpaired) electrons. The predicted octanol–water partition coefficient (Wildman–Crippen LogP) is 3.33. The summed E-state index contributed by atoms with van der Waals surface area (Å²) in [5.74, 6) is 2.11. The summed E-state index contributed by atoms with van der Waals surface area (Å²) in [6.45, 7) is 4.55. The molecule has 1 aliphatic rings. The fraction of sp³-hybridized carbons (Fsp3) is 0.217. The molecule has 0 bridgehead atoms. The van der Waals surface area contributed by atoms with E-state index in [9.17, 15) is 4.79 Å². The van der Waals surface area contributed by atoms with Gasteiger partial charge in [0.15, 0.2) is 5.82 Å². The number of carbonyl (C=O) groups is 1. The second-order valence-corrected chi connectivity index (χ2v) is 7.75. The van der Waals surface area contributed by atoms with Crippen LogP contribution in [0, 0.1) is 0 Å². The average Bonchev–Trinajstić information content (AvgIpc) is 3.43. The first-order chi connectivity index (χ1) is 15.1. The Bertz CT molecular complexity index is 1230. The van der Waals surface area contributed by atoms with E-state index in [1.807, 2.05) is 30.5 Å². The molecule has 0 saturated heterocycles. The van der Waals surface area contributed by atoms with Crippen LogP contribution in [0.25, 0.3) is 17.1 Å². The summed E-state index contributed by atoms with van der Waals surface area (Å²) in [5, 5.41) is 4.17. The lowest BCUT2D eigenvalue weighted by atomic mass is 9.97. The Morgan fingerprint density at radius 3 is 2.58 bits per heavy atom. The highest BCUT2D eigenvalue weighted by Crippen LogP contribution is 2.32. The molecular weight excluding hydrogens is 390 g/mol. The maximum Gasteiger partial charge on any atom is 0.233 e. The molecule has 1 aliphatic heterocycles. The van der Waals surface area contributed by atoms with E-state index in [4.69, 9.17) is 4.98 Å². The van der Waals surface area contributed by atoms with E-state index < -0.39 is 0 Å². The standard InChI is InChI=1S/C23H21N7O/c1-15(2)18-6-3-4-7-19(18)22-26-11-16-10-21(31)29(23(16)28-22)14-20-24-12-17(13-25-20)30-9-5-8-27-30/h3-9,11-13,15H,10,14H2,1-2H3. The van der Waals surface area contributed by atoms with Crippen molar-refractivity contribution in [1.82, 2.24) is 29.7 Å². The maximum atomic E-state index is 12.7. The summed E-state index contributed by atoms with van der Waals surface area (Å²) in [6, 6.07) is 9.95. The number of aromatic nitrogens is 6. The maximum absolute atomic E-state index is 12.7. The van der Waals surface area contributed by atoms with E-state index in [-0.39, 0.29) is 18.9 Å². The first kappa shape index (κ1) is 19.0. The number of anilines is 1. The first-order valence-electron chi connectivity index (χ1n) is 10.2. The Labute approximate surface area is 179 Å². The Kier molecular flexibility index (Phi) is 4.74. The highest BCUT2D eigenvalue weighted by Gasteiger charge is 2.30. The highest BCUT2D eigenvalue weighted by atomic mass is 16.2. The lowest BCUT2D eigenvalue weighted by Gasteiger charge is -2.17. The molecule has 0 unspecified atom stereocenters. The van der Waals surface area contributed by atoms with Crippen LogP contribution < -0.4 is 4.90 Å². The molecule has 4 heterocycles. The Balaban J connectivity index is 1.45. The molecule has 3 aromatic heterocycles. The third kappa shape index (κ3) is 3.56. The number of rotatable bonds is 5. The smallest absolute Gasteiger partial charge is 0.233 e. The van der Waals surface area contributed by atoms with E-state index in [1.165, 1.54) is 5.56 Å². The minimum atomic E-state index is -0.0293. The molecule has 0 aliphatic carbocycles. The van der Waals surface area contributed by atoms with Gasteiger partial charge in [0, 0.05) is 29.7 Å². The van der Waals surface area contributed by atoms with E-state index in [0.717, 1.165) is 16.8 Å². The number of amides is 1. The minimum absolute atomic E-state index is 0.0293. The van der Waals surface area contributed by atoms with Gasteiger partial charge in [-0.3, -0.25) is 9.69 Å². The van der Waals surface area contributed by atoms with Crippen molar-refractivity contribution in [3.05, 3.63) is 78.3 Å². The van der Waals surface area contributed by atoms with E-state index in [1.54, 1.807) is 34.4 Å². The number of hydrogen-bond donors (Lipinski definition) is 0. The zero-order valence-corrected chi connectivity index (χ0v) is 17.3. The van der Waals surface area contributed by atoms with Crippen molar-refractivity contribution < 1.29 is 4.79 Å². The number of hydrogen-bond acceptors (Lipinski definition) is 6.